The molecule has 1 aromatic rings. The van der Waals surface area contributed by atoms with Gasteiger partial charge in [-0.15, -0.1) is 0 Å². The Morgan fingerprint density at radius 2 is 1.83 bits per heavy atom. The van der Waals surface area contributed by atoms with Gasteiger partial charge in [0.25, 0.3) is 5.91 Å². The molecule has 0 bridgehead atoms. The van der Waals surface area contributed by atoms with Gasteiger partial charge in [-0.3, -0.25) is 10.1 Å². The maximum atomic E-state index is 11.9. The van der Waals surface area contributed by atoms with E-state index in [4.69, 9.17) is 9.47 Å². The van der Waals surface area contributed by atoms with Gasteiger partial charge in [0.1, 0.15) is 11.3 Å². The summed E-state index contributed by atoms with van der Waals surface area (Å²) in [7, 11) is 1.44. The lowest BCUT2D eigenvalue weighted by atomic mass is 9.96. The van der Waals surface area contributed by atoms with Gasteiger partial charge in [0.05, 0.1) is 7.11 Å². The van der Waals surface area contributed by atoms with E-state index in [1.54, 1.807) is 18.2 Å². The molecule has 1 aliphatic carbocycles. The van der Waals surface area contributed by atoms with Gasteiger partial charge in [0.2, 0.25) is 0 Å². The second kappa shape index (κ2) is 8.90. The van der Waals surface area contributed by atoms with Gasteiger partial charge in [-0.05, 0) is 25.0 Å². The molecule has 0 atom stereocenters. The molecule has 0 saturated heterocycles. The highest BCUT2D eigenvalue weighted by Crippen LogP contribution is 2.18. The number of para-hydroxylation sites is 1. The van der Waals surface area contributed by atoms with Crippen molar-refractivity contribution in [3.05, 3.63) is 29.8 Å². The van der Waals surface area contributed by atoms with Crippen molar-refractivity contribution < 1.29 is 23.9 Å². The van der Waals surface area contributed by atoms with E-state index in [1.165, 1.54) is 19.6 Å². The minimum Gasteiger partial charge on any atom is -0.496 e. The smallest absolute Gasteiger partial charge is 0.342 e. The van der Waals surface area contributed by atoms with Gasteiger partial charge in [0.15, 0.2) is 6.61 Å². The summed E-state index contributed by atoms with van der Waals surface area (Å²) >= 11 is 0. The van der Waals surface area contributed by atoms with E-state index >= 15 is 0 Å². The number of amides is 3. The zero-order valence-electron chi connectivity index (χ0n) is 13.7. The SMILES string of the molecule is COc1ccccc1C(=O)OCC(=O)NC(=O)NC1CCCCC1. The van der Waals surface area contributed by atoms with Crippen LogP contribution in [0.3, 0.4) is 0 Å². The molecule has 1 fully saturated rings. The van der Waals surface area contributed by atoms with Crippen molar-refractivity contribution in [3.8, 4) is 5.75 Å². The third-order valence-corrected chi connectivity index (χ3v) is 3.85. The molecule has 0 radical (unpaired) electrons. The largest absolute Gasteiger partial charge is 0.496 e. The van der Waals surface area contributed by atoms with E-state index in [0.29, 0.717) is 5.75 Å². The molecule has 0 aliphatic heterocycles. The van der Waals surface area contributed by atoms with Crippen LogP contribution in [0, 0.1) is 0 Å². The Labute approximate surface area is 140 Å². The molecule has 0 heterocycles. The van der Waals surface area contributed by atoms with Crippen LogP contribution in [0.1, 0.15) is 42.5 Å². The fourth-order valence-corrected chi connectivity index (χ4v) is 2.65. The van der Waals surface area contributed by atoms with Crippen molar-refractivity contribution >= 4 is 17.9 Å². The van der Waals surface area contributed by atoms with Gasteiger partial charge in [-0.25, -0.2) is 9.59 Å². The van der Waals surface area contributed by atoms with Crippen molar-refractivity contribution in [1.29, 1.82) is 0 Å². The number of carbonyl (C=O) groups is 3. The third-order valence-electron chi connectivity index (χ3n) is 3.85. The Hall–Kier alpha value is -2.57. The Bertz CT molecular complexity index is 596. The number of nitrogens with one attached hydrogen (secondary N) is 2. The van der Waals surface area contributed by atoms with Crippen LogP contribution >= 0.6 is 0 Å². The van der Waals surface area contributed by atoms with Gasteiger partial charge in [-0.2, -0.15) is 0 Å². The van der Waals surface area contributed by atoms with Crippen LogP contribution in [-0.2, 0) is 9.53 Å². The molecule has 0 spiro atoms. The quantitative estimate of drug-likeness (QED) is 0.804. The van der Waals surface area contributed by atoms with Gasteiger partial charge in [-0.1, -0.05) is 31.4 Å². The van der Waals surface area contributed by atoms with Gasteiger partial charge in [0, 0.05) is 6.04 Å². The monoisotopic (exact) mass is 334 g/mol. The standard InChI is InChI=1S/C17H22N2O5/c1-23-14-10-6-5-9-13(14)16(21)24-11-15(20)19-17(22)18-12-7-3-2-4-8-12/h5-6,9-10,12H,2-4,7-8,11H2,1H3,(H2,18,19,20,22). The van der Waals surface area contributed by atoms with Gasteiger partial charge < -0.3 is 14.8 Å². The second-order valence-electron chi connectivity index (χ2n) is 5.63. The highest BCUT2D eigenvalue weighted by Gasteiger charge is 2.18. The van der Waals surface area contributed by atoms with Crippen LogP contribution in [0.15, 0.2) is 24.3 Å². The number of rotatable bonds is 5. The van der Waals surface area contributed by atoms with Crippen LogP contribution in [-0.4, -0.2) is 37.7 Å². The number of methoxy groups -OCH3 is 1. The van der Waals surface area contributed by atoms with E-state index in [-0.39, 0.29) is 11.6 Å². The predicted molar refractivity (Wildman–Crippen MR) is 86.8 cm³/mol. The number of hydrogen-bond donors (Lipinski definition) is 2. The average molecular weight is 334 g/mol. The van der Waals surface area contributed by atoms with Crippen LogP contribution in [0.5, 0.6) is 5.75 Å². The molecular formula is C17H22N2O5. The molecule has 1 aliphatic rings. The summed E-state index contributed by atoms with van der Waals surface area (Å²) in [5.74, 6) is -1.00. The number of benzene rings is 1. The lowest BCUT2D eigenvalue weighted by Gasteiger charge is -2.22. The Balaban J connectivity index is 1.75. The minimum atomic E-state index is -0.685. The molecule has 2 N–H and O–H groups in total. The number of hydrogen-bond acceptors (Lipinski definition) is 5. The molecule has 7 heteroatoms. The minimum absolute atomic E-state index is 0.0997. The summed E-state index contributed by atoms with van der Waals surface area (Å²) in [6.07, 6.45) is 5.18. The number of urea groups is 1. The summed E-state index contributed by atoms with van der Waals surface area (Å²) in [4.78, 5) is 35.4. The maximum absolute atomic E-state index is 11.9. The zero-order chi connectivity index (χ0) is 17.4. The summed E-state index contributed by atoms with van der Waals surface area (Å²) in [5.41, 5.74) is 0.222. The number of esters is 1. The maximum Gasteiger partial charge on any atom is 0.342 e. The third kappa shape index (κ3) is 5.26. The highest BCUT2D eigenvalue weighted by molar-refractivity contribution is 5.97. The molecule has 0 unspecified atom stereocenters. The fourth-order valence-electron chi connectivity index (χ4n) is 2.65. The fraction of sp³-hybridized carbons (Fsp3) is 0.471. The predicted octanol–water partition coefficient (Wildman–Crippen LogP) is 2.01. The number of ether oxygens (including phenoxy) is 2. The first-order valence-electron chi connectivity index (χ1n) is 8.00. The first-order valence-corrected chi connectivity index (χ1v) is 8.00. The van der Waals surface area contributed by atoms with E-state index in [2.05, 4.69) is 10.6 Å². The summed E-state index contributed by atoms with van der Waals surface area (Å²) in [6, 6.07) is 6.08. The molecule has 0 aromatic heterocycles. The molecular weight excluding hydrogens is 312 g/mol. The molecule has 2 rings (SSSR count). The van der Waals surface area contributed by atoms with Crippen molar-refractivity contribution in [1.82, 2.24) is 10.6 Å². The Morgan fingerprint density at radius 3 is 2.54 bits per heavy atom. The second-order valence-corrected chi connectivity index (χ2v) is 5.63. The summed E-state index contributed by atoms with van der Waals surface area (Å²) < 4.78 is 9.97. The van der Waals surface area contributed by atoms with Crippen LogP contribution < -0.4 is 15.4 Å². The van der Waals surface area contributed by atoms with Crippen molar-refractivity contribution in [2.75, 3.05) is 13.7 Å². The van der Waals surface area contributed by atoms with Gasteiger partial charge >= 0.3 is 12.0 Å². The lowest BCUT2D eigenvalue weighted by Crippen LogP contribution is -2.46. The van der Waals surface area contributed by atoms with Crippen LogP contribution in [0.2, 0.25) is 0 Å². The molecule has 130 valence electrons. The Kier molecular flexibility index (Phi) is 6.60. The number of carbonyl (C=O) groups excluding carboxylic acids is 3. The Morgan fingerprint density at radius 1 is 1.12 bits per heavy atom. The van der Waals surface area contributed by atoms with E-state index in [9.17, 15) is 14.4 Å². The first-order chi connectivity index (χ1) is 11.6. The van der Waals surface area contributed by atoms with Crippen LogP contribution in [0.25, 0.3) is 0 Å². The van der Waals surface area contributed by atoms with Crippen molar-refractivity contribution in [2.45, 2.75) is 38.1 Å². The van der Waals surface area contributed by atoms with E-state index < -0.39 is 24.5 Å². The normalized spacial score (nSPS) is 14.5. The first kappa shape index (κ1) is 17.8. The topological polar surface area (TPSA) is 93.7 Å². The summed E-state index contributed by atoms with van der Waals surface area (Å²) in [5, 5.41) is 4.92. The van der Waals surface area contributed by atoms with Crippen molar-refractivity contribution in [2.24, 2.45) is 0 Å². The summed E-state index contributed by atoms with van der Waals surface area (Å²) in [6.45, 7) is -0.533. The molecule has 24 heavy (non-hydrogen) atoms. The van der Waals surface area contributed by atoms with E-state index in [0.717, 1.165) is 25.7 Å². The number of imide groups is 1. The molecule has 3 amide bonds. The van der Waals surface area contributed by atoms with Crippen LogP contribution in [0.4, 0.5) is 4.79 Å². The van der Waals surface area contributed by atoms with Crippen molar-refractivity contribution in [3.63, 3.8) is 0 Å². The highest BCUT2D eigenvalue weighted by atomic mass is 16.5. The molecule has 1 aromatic carbocycles. The molecule has 7 nitrogen and oxygen atoms in total. The van der Waals surface area contributed by atoms with E-state index in [1.807, 2.05) is 0 Å². The zero-order valence-corrected chi connectivity index (χ0v) is 13.7. The lowest BCUT2D eigenvalue weighted by molar-refractivity contribution is -0.123. The average Bonchev–Trinajstić information content (AvgIpc) is 2.60. The molecule has 1 saturated carbocycles.